The van der Waals surface area contributed by atoms with Gasteiger partial charge in [0.05, 0.1) is 6.54 Å². The van der Waals surface area contributed by atoms with Crippen LogP contribution in [0.2, 0.25) is 0 Å². The van der Waals surface area contributed by atoms with E-state index in [1.807, 2.05) is 12.1 Å². The average Bonchev–Trinajstić information content (AvgIpc) is 2.85. The first-order valence-corrected chi connectivity index (χ1v) is 12.6. The maximum Gasteiger partial charge on any atom is 0.415 e. The molecule has 0 aliphatic rings. The summed E-state index contributed by atoms with van der Waals surface area (Å²) in [6.45, 7) is 7.50. The molecule has 0 heterocycles. The van der Waals surface area contributed by atoms with E-state index in [1.165, 1.54) is 24.3 Å². The van der Waals surface area contributed by atoms with Gasteiger partial charge in [-0.1, -0.05) is 38.8 Å². The SMILES string of the molecule is CCCC(CCC)CN(CCOc1ccc(CC(OCC)C(=O)O)cc1)C(=O)Oc1ccc(F)cc1. The smallest absolute Gasteiger partial charge is 0.415 e. The summed E-state index contributed by atoms with van der Waals surface area (Å²) in [4.78, 5) is 25.9. The minimum Gasteiger partial charge on any atom is -0.492 e. The van der Waals surface area contributed by atoms with Gasteiger partial charge in [0.1, 0.15) is 23.9 Å². The quantitative estimate of drug-likeness (QED) is 0.305. The Morgan fingerprint density at radius 3 is 2.11 bits per heavy atom. The van der Waals surface area contributed by atoms with E-state index in [0.29, 0.717) is 31.4 Å². The van der Waals surface area contributed by atoms with Crippen LogP contribution < -0.4 is 9.47 Å². The van der Waals surface area contributed by atoms with E-state index in [2.05, 4.69) is 13.8 Å². The fraction of sp³-hybridized carbons (Fsp3) is 0.500. The first-order valence-electron chi connectivity index (χ1n) is 12.6. The summed E-state index contributed by atoms with van der Waals surface area (Å²) in [5, 5.41) is 9.26. The predicted octanol–water partition coefficient (Wildman–Crippen LogP) is 5.95. The van der Waals surface area contributed by atoms with Crippen LogP contribution >= 0.6 is 0 Å². The second kappa shape index (κ2) is 15.8. The molecule has 8 heteroatoms. The number of rotatable bonds is 16. The van der Waals surface area contributed by atoms with E-state index >= 15 is 0 Å². The molecule has 0 saturated heterocycles. The van der Waals surface area contributed by atoms with Gasteiger partial charge < -0.3 is 24.2 Å². The molecule has 0 saturated carbocycles. The highest BCUT2D eigenvalue weighted by Gasteiger charge is 2.21. The van der Waals surface area contributed by atoms with Crippen LogP contribution in [-0.2, 0) is 16.0 Å². The number of halogens is 1. The van der Waals surface area contributed by atoms with Crippen molar-refractivity contribution in [3.05, 3.63) is 59.9 Å². The second-order valence-electron chi connectivity index (χ2n) is 8.69. The van der Waals surface area contributed by atoms with E-state index in [-0.39, 0.29) is 18.8 Å². The summed E-state index contributed by atoms with van der Waals surface area (Å²) >= 11 is 0. The van der Waals surface area contributed by atoms with Crippen molar-refractivity contribution in [2.75, 3.05) is 26.3 Å². The zero-order valence-corrected chi connectivity index (χ0v) is 21.5. The average molecular weight is 504 g/mol. The van der Waals surface area contributed by atoms with E-state index in [1.54, 1.807) is 24.0 Å². The van der Waals surface area contributed by atoms with Crippen molar-refractivity contribution in [1.82, 2.24) is 4.90 Å². The van der Waals surface area contributed by atoms with Crippen molar-refractivity contribution >= 4 is 12.1 Å². The minimum atomic E-state index is -0.991. The molecule has 2 aromatic carbocycles. The van der Waals surface area contributed by atoms with Crippen LogP contribution in [0.3, 0.4) is 0 Å². The van der Waals surface area contributed by atoms with Gasteiger partial charge in [-0.05, 0) is 67.6 Å². The van der Waals surface area contributed by atoms with Crippen molar-refractivity contribution < 1.29 is 33.3 Å². The number of nitrogens with zero attached hydrogens (tertiary/aromatic N) is 1. The molecule has 0 bridgehead atoms. The number of benzene rings is 2. The molecule has 0 aromatic heterocycles. The third kappa shape index (κ3) is 10.2. The molecule has 1 N–H and O–H groups in total. The lowest BCUT2D eigenvalue weighted by atomic mass is 9.98. The normalized spacial score (nSPS) is 11.8. The highest BCUT2D eigenvalue weighted by Crippen LogP contribution is 2.19. The van der Waals surface area contributed by atoms with E-state index in [0.717, 1.165) is 31.2 Å². The number of carboxylic acids is 1. The monoisotopic (exact) mass is 503 g/mol. The van der Waals surface area contributed by atoms with Crippen molar-refractivity contribution in [2.24, 2.45) is 5.92 Å². The van der Waals surface area contributed by atoms with E-state index < -0.39 is 24.0 Å². The lowest BCUT2D eigenvalue weighted by molar-refractivity contribution is -0.149. The Bertz CT molecular complexity index is 913. The molecule has 1 amide bonds. The molecule has 0 aliphatic heterocycles. The molecule has 2 rings (SSSR count). The summed E-state index contributed by atoms with van der Waals surface area (Å²) in [6, 6.07) is 12.5. The molecule has 1 unspecified atom stereocenters. The van der Waals surface area contributed by atoms with E-state index in [4.69, 9.17) is 14.2 Å². The first-order chi connectivity index (χ1) is 17.4. The van der Waals surface area contributed by atoms with Crippen LogP contribution in [0.1, 0.15) is 52.0 Å². The number of carbonyl (C=O) groups excluding carboxylic acids is 1. The molecule has 7 nitrogen and oxygen atoms in total. The molecule has 2 aromatic rings. The highest BCUT2D eigenvalue weighted by molar-refractivity contribution is 5.72. The van der Waals surface area contributed by atoms with Crippen LogP contribution in [0.25, 0.3) is 0 Å². The largest absolute Gasteiger partial charge is 0.492 e. The van der Waals surface area contributed by atoms with Gasteiger partial charge in [0.25, 0.3) is 0 Å². The molecule has 0 spiro atoms. The van der Waals surface area contributed by atoms with Gasteiger partial charge in [0.15, 0.2) is 6.10 Å². The number of carbonyl (C=O) groups is 2. The van der Waals surface area contributed by atoms with Crippen molar-refractivity contribution in [3.63, 3.8) is 0 Å². The zero-order valence-electron chi connectivity index (χ0n) is 21.5. The molecular weight excluding hydrogens is 465 g/mol. The predicted molar refractivity (Wildman–Crippen MR) is 136 cm³/mol. The topological polar surface area (TPSA) is 85.3 Å². The Balaban J connectivity index is 1.99. The molecule has 198 valence electrons. The molecular formula is C28H38FNO6. The fourth-order valence-corrected chi connectivity index (χ4v) is 4.01. The number of hydrogen-bond donors (Lipinski definition) is 1. The van der Waals surface area contributed by atoms with Gasteiger partial charge in [-0.25, -0.2) is 14.0 Å². The summed E-state index contributed by atoms with van der Waals surface area (Å²) in [5.41, 5.74) is 0.828. The summed E-state index contributed by atoms with van der Waals surface area (Å²) in [7, 11) is 0. The van der Waals surface area contributed by atoms with Crippen molar-refractivity contribution in [2.45, 2.75) is 59.0 Å². The van der Waals surface area contributed by atoms with Crippen LogP contribution in [0, 0.1) is 11.7 Å². The third-order valence-corrected chi connectivity index (χ3v) is 5.77. The molecule has 0 radical (unpaired) electrons. The van der Waals surface area contributed by atoms with Gasteiger partial charge in [-0.3, -0.25) is 0 Å². The number of aliphatic carboxylic acids is 1. The maximum atomic E-state index is 13.2. The van der Waals surface area contributed by atoms with Gasteiger partial charge >= 0.3 is 12.1 Å². The first kappa shape index (κ1) is 29.1. The molecule has 36 heavy (non-hydrogen) atoms. The maximum absolute atomic E-state index is 13.2. The standard InChI is InChI=1S/C28H38FNO6/c1-4-7-22(8-5-2)20-30(28(33)36-25-15-11-23(29)12-16-25)17-18-35-24-13-9-21(10-14-24)19-26(27(31)32)34-6-3/h9-16,22,26H,4-8,17-20H2,1-3H3,(H,31,32). The summed E-state index contributed by atoms with van der Waals surface area (Å²) < 4.78 is 29.8. The Morgan fingerprint density at radius 2 is 1.56 bits per heavy atom. The Labute approximate surface area is 213 Å². The lowest BCUT2D eigenvalue weighted by Crippen LogP contribution is -2.40. The van der Waals surface area contributed by atoms with Crippen LogP contribution in [0.5, 0.6) is 11.5 Å². The minimum absolute atomic E-state index is 0.263. The highest BCUT2D eigenvalue weighted by atomic mass is 19.1. The third-order valence-electron chi connectivity index (χ3n) is 5.77. The van der Waals surface area contributed by atoms with Crippen LogP contribution in [-0.4, -0.2) is 54.5 Å². The number of ether oxygens (including phenoxy) is 3. The number of carboxylic acid groups (broad SMARTS) is 1. The number of hydrogen-bond acceptors (Lipinski definition) is 5. The van der Waals surface area contributed by atoms with Crippen LogP contribution in [0.15, 0.2) is 48.5 Å². The number of amides is 1. The zero-order chi connectivity index (χ0) is 26.3. The Kier molecular flexibility index (Phi) is 12.8. The Hall–Kier alpha value is -3.13. The summed E-state index contributed by atoms with van der Waals surface area (Å²) in [6.07, 6.45) is 2.96. The van der Waals surface area contributed by atoms with Crippen molar-refractivity contribution in [1.29, 1.82) is 0 Å². The fourth-order valence-electron chi connectivity index (χ4n) is 4.01. The van der Waals surface area contributed by atoms with Gasteiger partial charge in [-0.2, -0.15) is 0 Å². The van der Waals surface area contributed by atoms with Gasteiger partial charge in [0, 0.05) is 19.6 Å². The molecule has 1 atom stereocenters. The second-order valence-corrected chi connectivity index (χ2v) is 8.69. The molecule has 0 aliphatic carbocycles. The van der Waals surface area contributed by atoms with Gasteiger partial charge in [0.2, 0.25) is 0 Å². The molecule has 0 fully saturated rings. The van der Waals surface area contributed by atoms with Gasteiger partial charge in [-0.15, -0.1) is 0 Å². The van der Waals surface area contributed by atoms with Crippen molar-refractivity contribution in [3.8, 4) is 11.5 Å². The van der Waals surface area contributed by atoms with E-state index in [9.17, 15) is 19.1 Å². The Morgan fingerprint density at radius 1 is 0.944 bits per heavy atom. The van der Waals surface area contributed by atoms with Crippen LogP contribution in [0.4, 0.5) is 9.18 Å². The summed E-state index contributed by atoms with van der Waals surface area (Å²) in [5.74, 6) is -0.125. The lowest BCUT2D eigenvalue weighted by Gasteiger charge is -2.27.